The molecule has 0 aliphatic carbocycles. The van der Waals surface area contributed by atoms with Crippen LogP contribution in [0, 0.1) is 6.92 Å². The summed E-state index contributed by atoms with van der Waals surface area (Å²) in [7, 11) is 0. The molecule has 30 heavy (non-hydrogen) atoms. The molecular formula is C24H19N3OS2. The van der Waals surface area contributed by atoms with Gasteiger partial charge in [0.15, 0.2) is 5.16 Å². The van der Waals surface area contributed by atoms with Gasteiger partial charge in [-0.3, -0.25) is 9.36 Å². The van der Waals surface area contributed by atoms with Gasteiger partial charge in [0, 0.05) is 17.3 Å². The lowest BCUT2D eigenvalue weighted by Crippen LogP contribution is -2.23. The van der Waals surface area contributed by atoms with Gasteiger partial charge in [-0.2, -0.15) is 0 Å². The van der Waals surface area contributed by atoms with Gasteiger partial charge in [0.25, 0.3) is 5.56 Å². The number of aromatic nitrogens is 3. The molecule has 0 saturated heterocycles. The van der Waals surface area contributed by atoms with Crippen LogP contribution < -0.4 is 5.56 Å². The van der Waals surface area contributed by atoms with Gasteiger partial charge in [-0.15, -0.1) is 11.3 Å². The highest BCUT2D eigenvalue weighted by Gasteiger charge is 2.17. The van der Waals surface area contributed by atoms with E-state index in [1.54, 1.807) is 22.5 Å². The summed E-state index contributed by atoms with van der Waals surface area (Å²) in [5.41, 5.74) is 4.28. The SMILES string of the molecule is Cc1ccc(CSc2nc3c(sc4ncccc43)c(=O)n2Cc2ccccc2)cc1. The van der Waals surface area contributed by atoms with E-state index in [9.17, 15) is 4.79 Å². The molecule has 4 nitrogen and oxygen atoms in total. The molecule has 2 aromatic carbocycles. The minimum absolute atomic E-state index is 0.00161. The number of aryl methyl sites for hydroxylation is 1. The minimum Gasteiger partial charge on any atom is -0.282 e. The van der Waals surface area contributed by atoms with Crippen molar-refractivity contribution in [1.82, 2.24) is 14.5 Å². The van der Waals surface area contributed by atoms with Gasteiger partial charge in [0.2, 0.25) is 0 Å². The van der Waals surface area contributed by atoms with Crippen LogP contribution in [0.15, 0.2) is 82.9 Å². The third-order valence-corrected chi connectivity index (χ3v) is 7.13. The van der Waals surface area contributed by atoms with Crippen LogP contribution in [-0.4, -0.2) is 14.5 Å². The van der Waals surface area contributed by atoms with E-state index in [0.717, 1.165) is 32.2 Å². The smallest absolute Gasteiger partial charge is 0.272 e. The molecule has 0 N–H and O–H groups in total. The molecule has 3 heterocycles. The van der Waals surface area contributed by atoms with Gasteiger partial charge in [-0.25, -0.2) is 9.97 Å². The monoisotopic (exact) mass is 429 g/mol. The number of thioether (sulfide) groups is 1. The Balaban J connectivity index is 1.63. The van der Waals surface area contributed by atoms with Crippen molar-refractivity contribution in [2.24, 2.45) is 0 Å². The number of pyridine rings is 1. The predicted molar refractivity (Wildman–Crippen MR) is 125 cm³/mol. The summed E-state index contributed by atoms with van der Waals surface area (Å²) in [6.45, 7) is 2.58. The van der Waals surface area contributed by atoms with Crippen molar-refractivity contribution in [2.45, 2.75) is 24.4 Å². The van der Waals surface area contributed by atoms with E-state index in [1.807, 2.05) is 42.5 Å². The highest BCUT2D eigenvalue weighted by atomic mass is 32.2. The molecule has 0 unspecified atom stereocenters. The molecule has 5 rings (SSSR count). The number of hydrogen-bond donors (Lipinski definition) is 0. The Hall–Kier alpha value is -2.96. The summed E-state index contributed by atoms with van der Waals surface area (Å²) in [5, 5.41) is 1.68. The molecule has 0 bridgehead atoms. The number of hydrogen-bond acceptors (Lipinski definition) is 5. The first-order chi connectivity index (χ1) is 14.7. The Morgan fingerprint density at radius 3 is 2.57 bits per heavy atom. The van der Waals surface area contributed by atoms with Crippen molar-refractivity contribution in [1.29, 1.82) is 0 Å². The zero-order valence-electron chi connectivity index (χ0n) is 16.4. The van der Waals surface area contributed by atoms with E-state index >= 15 is 0 Å². The molecule has 0 radical (unpaired) electrons. The maximum Gasteiger partial charge on any atom is 0.272 e. The summed E-state index contributed by atoms with van der Waals surface area (Å²) in [4.78, 5) is 23.7. The molecule has 0 aliphatic rings. The largest absolute Gasteiger partial charge is 0.282 e. The van der Waals surface area contributed by atoms with Gasteiger partial charge in [0.1, 0.15) is 9.53 Å². The van der Waals surface area contributed by atoms with Gasteiger partial charge < -0.3 is 0 Å². The maximum atomic E-state index is 13.5. The second kappa shape index (κ2) is 8.05. The van der Waals surface area contributed by atoms with Gasteiger partial charge >= 0.3 is 0 Å². The van der Waals surface area contributed by atoms with Crippen molar-refractivity contribution in [3.05, 3.63) is 100.0 Å². The Kier molecular flexibility index (Phi) is 5.11. The predicted octanol–water partition coefficient (Wildman–Crippen LogP) is 5.66. The standard InChI is InChI=1S/C24H19N3OS2/c1-16-9-11-18(12-10-16)15-29-24-26-20-19-8-5-13-25-22(19)30-21(20)23(28)27(24)14-17-6-3-2-4-7-17/h2-13H,14-15H2,1H3. The zero-order chi connectivity index (χ0) is 20.5. The third-order valence-electron chi connectivity index (χ3n) is 4.99. The van der Waals surface area contributed by atoms with Crippen molar-refractivity contribution in [3.8, 4) is 0 Å². The molecule has 148 valence electrons. The fraction of sp³-hybridized carbons (Fsp3) is 0.125. The van der Waals surface area contributed by atoms with Gasteiger partial charge in [-0.1, -0.05) is 71.9 Å². The second-order valence-electron chi connectivity index (χ2n) is 7.18. The molecule has 0 atom stereocenters. The number of rotatable bonds is 5. The Labute approximate surface area is 182 Å². The molecule has 3 aromatic heterocycles. The quantitative estimate of drug-likeness (QED) is 0.267. The molecule has 0 saturated carbocycles. The van der Waals surface area contributed by atoms with Crippen LogP contribution in [0.2, 0.25) is 0 Å². The topological polar surface area (TPSA) is 47.8 Å². The average Bonchev–Trinajstić information content (AvgIpc) is 3.15. The molecule has 5 aromatic rings. The summed E-state index contributed by atoms with van der Waals surface area (Å²) < 4.78 is 2.46. The number of fused-ring (bicyclic) bond motifs is 3. The van der Waals surface area contributed by atoms with E-state index in [-0.39, 0.29) is 5.56 Å². The molecule has 0 aliphatic heterocycles. The van der Waals surface area contributed by atoms with Crippen LogP contribution in [0.4, 0.5) is 0 Å². The summed E-state index contributed by atoms with van der Waals surface area (Å²) in [5.74, 6) is 0.757. The fourth-order valence-electron chi connectivity index (χ4n) is 3.39. The Bertz CT molecular complexity index is 1390. The van der Waals surface area contributed by atoms with Crippen molar-refractivity contribution in [3.63, 3.8) is 0 Å². The van der Waals surface area contributed by atoms with Crippen LogP contribution in [0.25, 0.3) is 20.4 Å². The van der Waals surface area contributed by atoms with E-state index in [4.69, 9.17) is 4.98 Å². The maximum absolute atomic E-state index is 13.5. The van der Waals surface area contributed by atoms with E-state index < -0.39 is 0 Å². The fourth-order valence-corrected chi connectivity index (χ4v) is 5.37. The van der Waals surface area contributed by atoms with E-state index in [2.05, 4.69) is 36.2 Å². The van der Waals surface area contributed by atoms with E-state index in [0.29, 0.717) is 11.2 Å². The average molecular weight is 430 g/mol. The highest BCUT2D eigenvalue weighted by Crippen LogP contribution is 2.31. The van der Waals surface area contributed by atoms with Gasteiger partial charge in [0.05, 0.1) is 12.1 Å². The van der Waals surface area contributed by atoms with Crippen molar-refractivity contribution in [2.75, 3.05) is 0 Å². The van der Waals surface area contributed by atoms with Crippen molar-refractivity contribution >= 4 is 43.5 Å². The number of thiophene rings is 1. The molecule has 0 amide bonds. The second-order valence-corrected chi connectivity index (χ2v) is 9.12. The van der Waals surface area contributed by atoms with Crippen LogP contribution in [0.3, 0.4) is 0 Å². The minimum atomic E-state index is -0.00161. The lowest BCUT2D eigenvalue weighted by molar-refractivity contribution is 0.659. The summed E-state index contributed by atoms with van der Waals surface area (Å²) >= 11 is 3.02. The van der Waals surface area contributed by atoms with Crippen molar-refractivity contribution < 1.29 is 0 Å². The summed E-state index contributed by atoms with van der Waals surface area (Å²) in [6, 6.07) is 22.4. The van der Waals surface area contributed by atoms with Gasteiger partial charge in [-0.05, 0) is 30.2 Å². The highest BCUT2D eigenvalue weighted by molar-refractivity contribution is 7.98. The normalized spacial score (nSPS) is 11.4. The Morgan fingerprint density at radius 1 is 0.967 bits per heavy atom. The first-order valence-corrected chi connectivity index (χ1v) is 11.5. The molecule has 0 spiro atoms. The number of benzene rings is 2. The van der Waals surface area contributed by atoms with Crippen LogP contribution >= 0.6 is 23.1 Å². The van der Waals surface area contributed by atoms with Crippen LogP contribution in [0.1, 0.15) is 16.7 Å². The van der Waals surface area contributed by atoms with Crippen LogP contribution in [0.5, 0.6) is 0 Å². The lowest BCUT2D eigenvalue weighted by Gasteiger charge is -2.12. The number of nitrogens with zero attached hydrogens (tertiary/aromatic N) is 3. The Morgan fingerprint density at radius 2 is 1.77 bits per heavy atom. The molecule has 0 fully saturated rings. The molecular weight excluding hydrogens is 410 g/mol. The summed E-state index contributed by atoms with van der Waals surface area (Å²) in [6.07, 6.45) is 1.76. The lowest BCUT2D eigenvalue weighted by atomic mass is 10.2. The first-order valence-electron chi connectivity index (χ1n) is 9.69. The van der Waals surface area contributed by atoms with E-state index in [1.165, 1.54) is 22.5 Å². The zero-order valence-corrected chi connectivity index (χ0v) is 18.0. The first kappa shape index (κ1) is 19.0. The van der Waals surface area contributed by atoms with Crippen LogP contribution in [-0.2, 0) is 12.3 Å². The molecule has 6 heteroatoms. The third kappa shape index (κ3) is 3.64.